The highest BCUT2D eigenvalue weighted by atomic mass is 15.1. The van der Waals surface area contributed by atoms with E-state index in [0.29, 0.717) is 0 Å². The van der Waals surface area contributed by atoms with Gasteiger partial charge in [-0.05, 0) is 87.5 Å². The summed E-state index contributed by atoms with van der Waals surface area (Å²) in [6.07, 6.45) is 0. The van der Waals surface area contributed by atoms with Crippen LogP contribution in [0.3, 0.4) is 0 Å². The molecule has 0 unspecified atom stereocenters. The van der Waals surface area contributed by atoms with Crippen LogP contribution in [0.1, 0.15) is 0 Å². The van der Waals surface area contributed by atoms with E-state index in [1.54, 1.807) is 0 Å². The first kappa shape index (κ1) is 33.2. The Morgan fingerprint density at radius 2 is 0.786 bits per heavy atom. The third-order valence-electron chi connectivity index (χ3n) is 10.8. The lowest BCUT2D eigenvalue weighted by atomic mass is 9.94. The number of fused-ring (bicyclic) bond motifs is 3. The molecule has 10 rings (SSSR count). The molecule has 0 amide bonds. The molecule has 9 aromatic carbocycles. The summed E-state index contributed by atoms with van der Waals surface area (Å²) in [5, 5.41) is 2.45. The van der Waals surface area contributed by atoms with Gasteiger partial charge in [-0.2, -0.15) is 0 Å². The van der Waals surface area contributed by atoms with Gasteiger partial charge < -0.3 is 9.47 Å². The Kier molecular flexibility index (Phi) is 8.55. The van der Waals surface area contributed by atoms with Crippen molar-refractivity contribution < 1.29 is 0 Å². The van der Waals surface area contributed by atoms with Gasteiger partial charge in [0.2, 0.25) is 0 Å². The van der Waals surface area contributed by atoms with Crippen LogP contribution in [0.25, 0.3) is 72.0 Å². The largest absolute Gasteiger partial charge is 0.310 e. The molecular weight excluding hydrogens is 677 g/mol. The van der Waals surface area contributed by atoms with Crippen LogP contribution in [0, 0.1) is 0 Å². The number of rotatable bonds is 8. The molecule has 56 heavy (non-hydrogen) atoms. The maximum Gasteiger partial charge on any atom is 0.0561 e. The highest BCUT2D eigenvalue weighted by Gasteiger charge is 2.20. The van der Waals surface area contributed by atoms with Gasteiger partial charge >= 0.3 is 0 Å². The number of benzene rings is 9. The molecule has 0 saturated carbocycles. The smallest absolute Gasteiger partial charge is 0.0561 e. The van der Waals surface area contributed by atoms with Crippen LogP contribution in [0.2, 0.25) is 0 Å². The van der Waals surface area contributed by atoms with Crippen LogP contribution in [0.4, 0.5) is 17.1 Å². The molecule has 2 heteroatoms. The Morgan fingerprint density at radius 3 is 1.50 bits per heavy atom. The summed E-state index contributed by atoms with van der Waals surface area (Å²) < 4.78 is 2.43. The van der Waals surface area contributed by atoms with Crippen molar-refractivity contribution in [2.75, 3.05) is 4.90 Å². The number of nitrogens with zero attached hydrogens (tertiary/aromatic N) is 2. The minimum atomic E-state index is 1.09. The Bertz CT molecular complexity index is 2940. The third kappa shape index (κ3) is 6.04. The van der Waals surface area contributed by atoms with E-state index in [4.69, 9.17) is 0 Å². The van der Waals surface area contributed by atoms with Crippen LogP contribution in [0.15, 0.2) is 231 Å². The normalized spacial score (nSPS) is 11.2. The predicted octanol–water partition coefficient (Wildman–Crippen LogP) is 14.9. The Balaban J connectivity index is 1.17. The van der Waals surface area contributed by atoms with Crippen molar-refractivity contribution in [3.8, 4) is 50.2 Å². The van der Waals surface area contributed by atoms with Gasteiger partial charge in [0, 0.05) is 33.4 Å². The zero-order valence-electron chi connectivity index (χ0n) is 30.8. The number of hydrogen-bond acceptors (Lipinski definition) is 1. The summed E-state index contributed by atoms with van der Waals surface area (Å²) in [5.41, 5.74) is 16.3. The van der Waals surface area contributed by atoms with E-state index in [1.165, 1.54) is 60.8 Å². The fourth-order valence-electron chi connectivity index (χ4n) is 8.18. The van der Waals surface area contributed by atoms with E-state index in [0.717, 1.165) is 28.3 Å². The van der Waals surface area contributed by atoms with Crippen molar-refractivity contribution >= 4 is 38.9 Å². The molecule has 0 saturated heterocycles. The van der Waals surface area contributed by atoms with Gasteiger partial charge in [0.1, 0.15) is 0 Å². The second kappa shape index (κ2) is 14.4. The number of hydrogen-bond donors (Lipinski definition) is 0. The Hall–Kier alpha value is -7.42. The third-order valence-corrected chi connectivity index (χ3v) is 10.8. The molecular formula is C54H38N2. The van der Waals surface area contributed by atoms with Crippen molar-refractivity contribution in [2.45, 2.75) is 0 Å². The van der Waals surface area contributed by atoms with Crippen molar-refractivity contribution in [1.82, 2.24) is 4.57 Å². The molecule has 264 valence electrons. The minimum Gasteiger partial charge on any atom is -0.310 e. The molecule has 10 aromatic rings. The minimum absolute atomic E-state index is 1.09. The van der Waals surface area contributed by atoms with Gasteiger partial charge in [0.05, 0.1) is 16.7 Å². The summed E-state index contributed by atoms with van der Waals surface area (Å²) in [6.45, 7) is 0. The van der Waals surface area contributed by atoms with Gasteiger partial charge in [0.25, 0.3) is 0 Å². The molecule has 0 aliphatic heterocycles. The highest BCUT2D eigenvalue weighted by Crippen LogP contribution is 2.44. The highest BCUT2D eigenvalue weighted by molar-refractivity contribution is 6.10. The number of para-hydroxylation sites is 2. The molecule has 0 spiro atoms. The van der Waals surface area contributed by atoms with Crippen LogP contribution in [0.5, 0.6) is 0 Å². The fraction of sp³-hybridized carbons (Fsp3) is 0. The Labute approximate surface area is 327 Å². The maximum atomic E-state index is 2.43. The lowest BCUT2D eigenvalue weighted by Crippen LogP contribution is -2.11. The summed E-state index contributed by atoms with van der Waals surface area (Å²) >= 11 is 0. The molecule has 0 atom stereocenters. The number of aromatic nitrogens is 1. The SMILES string of the molecule is c1ccc(-c2ccc(N(c3ccc4c5ccccc5n(-c5cccc(-c6ccccc6-c6ccccc6)c5)c4c3)c3ccccc3-c3ccccc3)cc2)cc1. The average molecular weight is 715 g/mol. The van der Waals surface area contributed by atoms with E-state index in [2.05, 4.69) is 240 Å². The van der Waals surface area contributed by atoms with Gasteiger partial charge in [-0.25, -0.2) is 0 Å². The zero-order valence-corrected chi connectivity index (χ0v) is 30.8. The summed E-state index contributed by atoms with van der Waals surface area (Å²) in [5.74, 6) is 0. The van der Waals surface area contributed by atoms with Crippen LogP contribution in [-0.4, -0.2) is 4.57 Å². The van der Waals surface area contributed by atoms with Crippen LogP contribution < -0.4 is 4.90 Å². The Morgan fingerprint density at radius 1 is 0.286 bits per heavy atom. The van der Waals surface area contributed by atoms with Gasteiger partial charge in [0.15, 0.2) is 0 Å². The summed E-state index contributed by atoms with van der Waals surface area (Å²) in [4.78, 5) is 2.41. The second-order valence-electron chi connectivity index (χ2n) is 14.1. The molecule has 0 aliphatic carbocycles. The standard InChI is InChI=1S/C54H38N2/c1-4-17-39(18-5-1)40-31-33-44(34-32-40)55(52-29-14-12-27-49(52)42-21-8-3-9-22-42)46-35-36-51-50-28-13-15-30-53(50)56(54(51)38-46)45-24-16-23-43(37-45)48-26-11-10-25-47(48)41-19-6-2-7-20-41/h1-38H. The lowest BCUT2D eigenvalue weighted by Gasteiger charge is -2.28. The first-order valence-electron chi connectivity index (χ1n) is 19.2. The quantitative estimate of drug-likeness (QED) is 0.152. The van der Waals surface area contributed by atoms with Gasteiger partial charge in [-0.3, -0.25) is 0 Å². The first-order valence-corrected chi connectivity index (χ1v) is 19.2. The zero-order chi connectivity index (χ0) is 37.3. The molecule has 2 nitrogen and oxygen atoms in total. The monoisotopic (exact) mass is 714 g/mol. The molecule has 0 radical (unpaired) electrons. The molecule has 0 aliphatic rings. The van der Waals surface area contributed by atoms with E-state index in [-0.39, 0.29) is 0 Å². The van der Waals surface area contributed by atoms with Crippen LogP contribution >= 0.6 is 0 Å². The predicted molar refractivity (Wildman–Crippen MR) is 237 cm³/mol. The maximum absolute atomic E-state index is 2.43. The van der Waals surface area contributed by atoms with E-state index < -0.39 is 0 Å². The van der Waals surface area contributed by atoms with Crippen LogP contribution in [-0.2, 0) is 0 Å². The molecule has 1 heterocycles. The van der Waals surface area contributed by atoms with Crippen molar-refractivity contribution in [3.05, 3.63) is 231 Å². The van der Waals surface area contributed by atoms with E-state index in [9.17, 15) is 0 Å². The molecule has 0 fully saturated rings. The topological polar surface area (TPSA) is 8.17 Å². The van der Waals surface area contributed by atoms with Gasteiger partial charge in [-0.15, -0.1) is 0 Å². The fourth-order valence-corrected chi connectivity index (χ4v) is 8.18. The average Bonchev–Trinajstić information content (AvgIpc) is 3.61. The molecule has 1 aromatic heterocycles. The first-order chi connectivity index (χ1) is 27.8. The molecule has 0 bridgehead atoms. The second-order valence-corrected chi connectivity index (χ2v) is 14.1. The summed E-state index contributed by atoms with van der Waals surface area (Å²) in [7, 11) is 0. The number of anilines is 3. The van der Waals surface area contributed by atoms with Crippen molar-refractivity contribution in [3.63, 3.8) is 0 Å². The van der Waals surface area contributed by atoms with Crippen molar-refractivity contribution in [1.29, 1.82) is 0 Å². The van der Waals surface area contributed by atoms with E-state index >= 15 is 0 Å². The lowest BCUT2D eigenvalue weighted by molar-refractivity contribution is 1.18. The summed E-state index contributed by atoms with van der Waals surface area (Å²) in [6, 6.07) is 83.1. The van der Waals surface area contributed by atoms with Crippen molar-refractivity contribution in [2.24, 2.45) is 0 Å². The molecule has 0 N–H and O–H groups in total. The van der Waals surface area contributed by atoms with Gasteiger partial charge in [-0.1, -0.05) is 182 Å². The van der Waals surface area contributed by atoms with E-state index in [1.807, 2.05) is 0 Å².